The quantitative estimate of drug-likeness (QED) is 0.687. The number of carbonyl (C=O) groups is 1. The first-order valence-corrected chi connectivity index (χ1v) is 8.81. The molecule has 0 fully saturated rings. The molecule has 0 aliphatic heterocycles. The van der Waals surface area contributed by atoms with Crippen LogP contribution < -0.4 is 5.32 Å². The Morgan fingerprint density at radius 1 is 1.19 bits per heavy atom. The van der Waals surface area contributed by atoms with Gasteiger partial charge in [0.05, 0.1) is 6.04 Å². The van der Waals surface area contributed by atoms with Crippen LogP contribution in [0.4, 0.5) is 4.39 Å². The van der Waals surface area contributed by atoms with Gasteiger partial charge in [-0.3, -0.25) is 9.78 Å². The van der Waals surface area contributed by atoms with Crippen molar-refractivity contribution in [1.82, 2.24) is 20.4 Å². The molecule has 0 spiro atoms. The van der Waals surface area contributed by atoms with Crippen molar-refractivity contribution in [3.05, 3.63) is 65.9 Å². The molecular formula is C20H21FN4O2. The van der Waals surface area contributed by atoms with Gasteiger partial charge in [-0.1, -0.05) is 37.2 Å². The summed E-state index contributed by atoms with van der Waals surface area (Å²) < 4.78 is 18.3. The second-order valence-electron chi connectivity index (χ2n) is 6.57. The first kappa shape index (κ1) is 18.7. The summed E-state index contributed by atoms with van der Waals surface area (Å²) >= 11 is 0. The molecule has 140 valence electrons. The number of aryl methyl sites for hydroxylation is 1. The van der Waals surface area contributed by atoms with E-state index in [1.54, 1.807) is 30.5 Å². The molecule has 6 nitrogen and oxygen atoms in total. The molecule has 1 aromatic carbocycles. The number of nitrogens with zero attached hydrogens (tertiary/aromatic N) is 3. The van der Waals surface area contributed by atoms with Crippen LogP contribution in [0, 0.1) is 11.7 Å². The third-order valence-electron chi connectivity index (χ3n) is 4.14. The molecule has 0 unspecified atom stereocenters. The smallest absolute Gasteiger partial charge is 0.227 e. The third-order valence-corrected chi connectivity index (χ3v) is 4.14. The molecule has 1 amide bonds. The van der Waals surface area contributed by atoms with Crippen LogP contribution in [0.2, 0.25) is 0 Å². The molecule has 3 aromatic rings. The third kappa shape index (κ3) is 4.97. The molecule has 7 heteroatoms. The normalized spacial score (nSPS) is 12.1. The Morgan fingerprint density at radius 3 is 2.63 bits per heavy atom. The van der Waals surface area contributed by atoms with Crippen molar-refractivity contribution in [2.45, 2.75) is 32.7 Å². The largest absolute Gasteiger partial charge is 0.349 e. The van der Waals surface area contributed by atoms with E-state index in [-0.39, 0.29) is 30.1 Å². The first-order valence-electron chi connectivity index (χ1n) is 8.81. The van der Waals surface area contributed by atoms with E-state index in [9.17, 15) is 9.18 Å². The molecule has 2 aromatic heterocycles. The lowest BCUT2D eigenvalue weighted by Gasteiger charge is -2.23. The van der Waals surface area contributed by atoms with Crippen molar-refractivity contribution >= 4 is 5.91 Å². The Labute approximate surface area is 156 Å². The number of benzene rings is 1. The highest BCUT2D eigenvalue weighted by atomic mass is 19.1. The SMILES string of the molecule is CC(C)[C@H](NC(=O)CCc1nc(-c2ccccn2)no1)c1ccc(F)cc1. The average molecular weight is 368 g/mol. The van der Waals surface area contributed by atoms with E-state index in [1.165, 1.54) is 12.1 Å². The number of hydrogen-bond acceptors (Lipinski definition) is 5. The maximum Gasteiger partial charge on any atom is 0.227 e. The molecule has 0 saturated carbocycles. The van der Waals surface area contributed by atoms with Crippen LogP contribution >= 0.6 is 0 Å². The van der Waals surface area contributed by atoms with Crippen molar-refractivity contribution in [2.24, 2.45) is 5.92 Å². The number of carbonyl (C=O) groups excluding carboxylic acids is 1. The predicted octanol–water partition coefficient (Wildman–Crippen LogP) is 3.72. The molecule has 0 saturated heterocycles. The molecule has 0 aliphatic carbocycles. The van der Waals surface area contributed by atoms with Gasteiger partial charge < -0.3 is 9.84 Å². The van der Waals surface area contributed by atoms with E-state index in [0.717, 1.165) is 5.56 Å². The van der Waals surface area contributed by atoms with Crippen LogP contribution in [-0.2, 0) is 11.2 Å². The lowest BCUT2D eigenvalue weighted by molar-refractivity contribution is -0.122. The number of nitrogens with one attached hydrogen (secondary N) is 1. The van der Waals surface area contributed by atoms with E-state index >= 15 is 0 Å². The zero-order valence-electron chi connectivity index (χ0n) is 15.2. The molecule has 27 heavy (non-hydrogen) atoms. The fraction of sp³-hybridized carbons (Fsp3) is 0.300. The van der Waals surface area contributed by atoms with Crippen LogP contribution in [0.25, 0.3) is 11.5 Å². The van der Waals surface area contributed by atoms with Gasteiger partial charge in [-0.05, 0) is 35.7 Å². The lowest BCUT2D eigenvalue weighted by Crippen LogP contribution is -2.31. The second kappa shape index (κ2) is 8.53. The molecule has 1 N–H and O–H groups in total. The minimum Gasteiger partial charge on any atom is -0.349 e. The standard InChI is InChI=1S/C20H21FN4O2/c1-13(2)19(14-6-8-15(21)9-7-14)23-17(26)10-11-18-24-20(25-27-18)16-5-3-4-12-22-16/h3-9,12-13,19H,10-11H2,1-2H3,(H,23,26)/t19-/m0/s1. The number of halogens is 1. The number of aromatic nitrogens is 3. The van der Waals surface area contributed by atoms with Crippen LogP contribution in [0.5, 0.6) is 0 Å². The van der Waals surface area contributed by atoms with Gasteiger partial charge in [-0.25, -0.2) is 4.39 Å². The first-order chi connectivity index (χ1) is 13.0. The van der Waals surface area contributed by atoms with Crippen LogP contribution in [-0.4, -0.2) is 21.0 Å². The van der Waals surface area contributed by atoms with E-state index < -0.39 is 0 Å². The zero-order valence-corrected chi connectivity index (χ0v) is 15.2. The fourth-order valence-corrected chi connectivity index (χ4v) is 2.73. The highest BCUT2D eigenvalue weighted by Crippen LogP contribution is 2.22. The van der Waals surface area contributed by atoms with E-state index in [4.69, 9.17) is 4.52 Å². The van der Waals surface area contributed by atoms with Crippen molar-refractivity contribution in [3.8, 4) is 11.5 Å². The monoisotopic (exact) mass is 368 g/mol. The summed E-state index contributed by atoms with van der Waals surface area (Å²) in [7, 11) is 0. The minimum absolute atomic E-state index is 0.129. The Morgan fingerprint density at radius 2 is 1.96 bits per heavy atom. The van der Waals surface area contributed by atoms with E-state index in [2.05, 4.69) is 20.4 Å². The molecule has 2 heterocycles. The summed E-state index contributed by atoms with van der Waals surface area (Å²) in [5, 5.41) is 6.89. The maximum absolute atomic E-state index is 13.1. The molecule has 0 aliphatic rings. The molecule has 0 radical (unpaired) electrons. The van der Waals surface area contributed by atoms with E-state index in [0.29, 0.717) is 23.8 Å². The lowest BCUT2D eigenvalue weighted by atomic mass is 9.96. The van der Waals surface area contributed by atoms with Gasteiger partial charge >= 0.3 is 0 Å². The topological polar surface area (TPSA) is 80.9 Å². The maximum atomic E-state index is 13.1. The van der Waals surface area contributed by atoms with Crippen molar-refractivity contribution in [3.63, 3.8) is 0 Å². The zero-order chi connectivity index (χ0) is 19.2. The fourth-order valence-electron chi connectivity index (χ4n) is 2.73. The number of amides is 1. The van der Waals surface area contributed by atoms with E-state index in [1.807, 2.05) is 19.9 Å². The predicted molar refractivity (Wildman–Crippen MR) is 98.0 cm³/mol. The Hall–Kier alpha value is -3.09. The van der Waals surface area contributed by atoms with Crippen LogP contribution in [0.3, 0.4) is 0 Å². The summed E-state index contributed by atoms with van der Waals surface area (Å²) in [6.45, 7) is 4.01. The summed E-state index contributed by atoms with van der Waals surface area (Å²) in [5.41, 5.74) is 1.49. The van der Waals surface area contributed by atoms with Gasteiger partial charge in [-0.2, -0.15) is 4.98 Å². The van der Waals surface area contributed by atoms with Crippen molar-refractivity contribution in [1.29, 1.82) is 0 Å². The molecule has 0 bridgehead atoms. The molecular weight excluding hydrogens is 347 g/mol. The number of hydrogen-bond donors (Lipinski definition) is 1. The van der Waals surface area contributed by atoms with Gasteiger partial charge in [0.2, 0.25) is 17.6 Å². The minimum atomic E-state index is -0.298. The van der Waals surface area contributed by atoms with Crippen molar-refractivity contribution < 1.29 is 13.7 Å². The average Bonchev–Trinajstić information content (AvgIpc) is 3.15. The van der Waals surface area contributed by atoms with Gasteiger partial charge in [0.15, 0.2) is 0 Å². The summed E-state index contributed by atoms with van der Waals surface area (Å²) in [6.07, 6.45) is 2.20. The molecule has 3 rings (SSSR count). The van der Waals surface area contributed by atoms with Gasteiger partial charge in [0, 0.05) is 19.0 Å². The van der Waals surface area contributed by atoms with Gasteiger partial charge in [-0.15, -0.1) is 0 Å². The summed E-state index contributed by atoms with van der Waals surface area (Å²) in [5.74, 6) is 0.521. The van der Waals surface area contributed by atoms with Crippen molar-refractivity contribution in [2.75, 3.05) is 0 Å². The second-order valence-corrected chi connectivity index (χ2v) is 6.57. The van der Waals surface area contributed by atoms with Gasteiger partial charge in [0.1, 0.15) is 11.5 Å². The Kier molecular flexibility index (Phi) is 5.90. The van der Waals surface area contributed by atoms with Gasteiger partial charge in [0.25, 0.3) is 0 Å². The number of pyridine rings is 1. The van der Waals surface area contributed by atoms with Crippen LogP contribution in [0.1, 0.15) is 37.8 Å². The summed E-state index contributed by atoms with van der Waals surface area (Å²) in [6, 6.07) is 11.4. The Bertz CT molecular complexity index is 879. The highest BCUT2D eigenvalue weighted by molar-refractivity contribution is 5.76. The number of rotatable bonds is 7. The molecule has 1 atom stereocenters. The summed E-state index contributed by atoms with van der Waals surface area (Å²) in [4.78, 5) is 20.8. The Balaban J connectivity index is 1.58. The van der Waals surface area contributed by atoms with Crippen LogP contribution in [0.15, 0.2) is 53.2 Å². The highest BCUT2D eigenvalue weighted by Gasteiger charge is 2.19.